The van der Waals surface area contributed by atoms with E-state index in [0.717, 1.165) is 29.7 Å². The van der Waals surface area contributed by atoms with Crippen molar-refractivity contribution in [2.75, 3.05) is 26.7 Å². The summed E-state index contributed by atoms with van der Waals surface area (Å²) in [7, 11) is 1.77. The lowest BCUT2D eigenvalue weighted by Gasteiger charge is -2.32. The number of amides is 1. The lowest BCUT2D eigenvalue weighted by atomic mass is 10.1. The predicted octanol–water partition coefficient (Wildman–Crippen LogP) is 2.52. The van der Waals surface area contributed by atoms with Crippen LogP contribution in [0.15, 0.2) is 41.5 Å². The Bertz CT molecular complexity index is 795. The molecule has 7 heteroatoms. The van der Waals surface area contributed by atoms with Crippen LogP contribution in [0.3, 0.4) is 0 Å². The lowest BCUT2D eigenvalue weighted by Crippen LogP contribution is -2.49. The minimum absolute atomic E-state index is 0.219. The number of rotatable bonds is 4. The number of para-hydroxylation sites is 1. The molecule has 1 aromatic carbocycles. The summed E-state index contributed by atoms with van der Waals surface area (Å²) >= 11 is 0. The van der Waals surface area contributed by atoms with E-state index in [1.54, 1.807) is 11.9 Å². The van der Waals surface area contributed by atoms with E-state index < -0.39 is 0 Å². The quantitative estimate of drug-likeness (QED) is 0.640. The standard InChI is InChI=1S/C20H27N5O2/c1-3-27-20(26)25-12-9-16(10-13-25)24-19(21-2)23-14-15-8-11-22-18-7-5-4-6-17(15)18/h4-8,11,16H,3,9-10,12-14H2,1-2H3,(H2,21,23,24). The molecule has 2 heterocycles. The highest BCUT2D eigenvalue weighted by Crippen LogP contribution is 2.16. The molecule has 0 unspecified atom stereocenters. The zero-order chi connectivity index (χ0) is 19.1. The topological polar surface area (TPSA) is 78.8 Å². The number of aromatic nitrogens is 1. The van der Waals surface area contributed by atoms with E-state index in [4.69, 9.17) is 4.74 Å². The van der Waals surface area contributed by atoms with E-state index in [0.29, 0.717) is 26.2 Å². The molecule has 144 valence electrons. The van der Waals surface area contributed by atoms with Crippen LogP contribution in [0.5, 0.6) is 0 Å². The summed E-state index contributed by atoms with van der Waals surface area (Å²) in [6, 6.07) is 10.4. The molecule has 0 atom stereocenters. The van der Waals surface area contributed by atoms with Gasteiger partial charge in [0.25, 0.3) is 0 Å². The maximum atomic E-state index is 11.8. The number of carbonyl (C=O) groups excluding carboxylic acids is 1. The fraction of sp³-hybridized carbons (Fsp3) is 0.450. The van der Waals surface area contributed by atoms with Crippen LogP contribution in [-0.4, -0.2) is 54.7 Å². The maximum absolute atomic E-state index is 11.8. The second-order valence-electron chi connectivity index (χ2n) is 6.52. The first-order valence-electron chi connectivity index (χ1n) is 9.42. The Kier molecular flexibility index (Phi) is 6.46. The van der Waals surface area contributed by atoms with Crippen molar-refractivity contribution in [1.29, 1.82) is 0 Å². The highest BCUT2D eigenvalue weighted by Gasteiger charge is 2.24. The SMILES string of the molecule is CCOC(=O)N1CCC(NC(=NC)NCc2ccnc3ccccc23)CC1. The first-order valence-corrected chi connectivity index (χ1v) is 9.42. The molecule has 1 aromatic heterocycles. The molecule has 7 nitrogen and oxygen atoms in total. The Morgan fingerprint density at radius 3 is 2.81 bits per heavy atom. The number of hydrogen-bond acceptors (Lipinski definition) is 4. The minimum atomic E-state index is -0.219. The van der Waals surface area contributed by atoms with Gasteiger partial charge in [-0.1, -0.05) is 18.2 Å². The number of hydrogen-bond donors (Lipinski definition) is 2. The summed E-state index contributed by atoms with van der Waals surface area (Å²) in [5.41, 5.74) is 2.17. The van der Waals surface area contributed by atoms with Gasteiger partial charge in [0.15, 0.2) is 5.96 Å². The third kappa shape index (κ3) is 4.87. The Balaban J connectivity index is 1.52. The second-order valence-corrected chi connectivity index (χ2v) is 6.52. The molecule has 0 bridgehead atoms. The van der Waals surface area contributed by atoms with Gasteiger partial charge >= 0.3 is 6.09 Å². The summed E-state index contributed by atoms with van der Waals surface area (Å²) in [5, 5.41) is 7.99. The molecule has 2 N–H and O–H groups in total. The molecule has 0 radical (unpaired) electrons. The van der Waals surface area contributed by atoms with Gasteiger partial charge in [-0.3, -0.25) is 9.98 Å². The average Bonchev–Trinajstić information content (AvgIpc) is 2.71. The van der Waals surface area contributed by atoms with Gasteiger partial charge in [0.1, 0.15) is 0 Å². The molecule has 1 aliphatic heterocycles. The van der Waals surface area contributed by atoms with Crippen molar-refractivity contribution in [1.82, 2.24) is 20.5 Å². The highest BCUT2D eigenvalue weighted by atomic mass is 16.6. The molecule has 0 saturated carbocycles. The second kappa shape index (κ2) is 9.21. The van der Waals surface area contributed by atoms with E-state index in [1.165, 1.54) is 5.56 Å². The van der Waals surface area contributed by atoms with E-state index in [-0.39, 0.29) is 12.1 Å². The largest absolute Gasteiger partial charge is 0.450 e. The number of piperidine rings is 1. The van der Waals surface area contributed by atoms with Gasteiger partial charge in [-0.05, 0) is 37.5 Å². The molecule has 2 aromatic rings. The number of likely N-dealkylation sites (tertiary alicyclic amines) is 1. The summed E-state index contributed by atoms with van der Waals surface area (Å²) < 4.78 is 5.07. The number of fused-ring (bicyclic) bond motifs is 1. The number of guanidine groups is 1. The van der Waals surface area contributed by atoms with Crippen molar-refractivity contribution in [3.8, 4) is 0 Å². The third-order valence-electron chi connectivity index (χ3n) is 4.77. The van der Waals surface area contributed by atoms with Crippen LogP contribution < -0.4 is 10.6 Å². The Hall–Kier alpha value is -2.83. The Morgan fingerprint density at radius 1 is 1.30 bits per heavy atom. The van der Waals surface area contributed by atoms with E-state index >= 15 is 0 Å². The van der Waals surface area contributed by atoms with Crippen LogP contribution in [-0.2, 0) is 11.3 Å². The van der Waals surface area contributed by atoms with Crippen LogP contribution in [0.25, 0.3) is 10.9 Å². The number of carbonyl (C=O) groups is 1. The smallest absolute Gasteiger partial charge is 0.409 e. The molecule has 1 aliphatic rings. The number of nitrogens with zero attached hydrogens (tertiary/aromatic N) is 3. The van der Waals surface area contributed by atoms with Gasteiger partial charge in [-0.2, -0.15) is 0 Å². The summed E-state index contributed by atoms with van der Waals surface area (Å²) in [6.45, 7) is 4.31. The predicted molar refractivity (Wildman–Crippen MR) is 107 cm³/mol. The molecule has 1 fully saturated rings. The lowest BCUT2D eigenvalue weighted by molar-refractivity contribution is 0.0963. The molecule has 1 amide bonds. The van der Waals surface area contributed by atoms with E-state index in [1.807, 2.05) is 37.4 Å². The van der Waals surface area contributed by atoms with Gasteiger partial charge in [-0.15, -0.1) is 0 Å². The number of benzene rings is 1. The summed E-state index contributed by atoms with van der Waals surface area (Å²) in [4.78, 5) is 22.3. The van der Waals surface area contributed by atoms with Crippen molar-refractivity contribution in [3.05, 3.63) is 42.1 Å². The number of aliphatic imine (C=N–C) groups is 1. The van der Waals surface area contributed by atoms with E-state index in [9.17, 15) is 4.79 Å². The molecule has 0 aliphatic carbocycles. The Labute approximate surface area is 159 Å². The number of ether oxygens (including phenoxy) is 1. The first kappa shape index (κ1) is 18.9. The van der Waals surface area contributed by atoms with Gasteiger partial charge in [0.2, 0.25) is 0 Å². The maximum Gasteiger partial charge on any atom is 0.409 e. The molecule has 1 saturated heterocycles. The Morgan fingerprint density at radius 2 is 2.07 bits per heavy atom. The van der Waals surface area contributed by atoms with Crippen molar-refractivity contribution in [3.63, 3.8) is 0 Å². The van der Waals surface area contributed by atoms with Crippen LogP contribution in [0.4, 0.5) is 4.79 Å². The summed E-state index contributed by atoms with van der Waals surface area (Å²) in [6.07, 6.45) is 3.36. The van der Waals surface area contributed by atoms with Gasteiger partial charge < -0.3 is 20.3 Å². The fourth-order valence-corrected chi connectivity index (χ4v) is 3.30. The van der Waals surface area contributed by atoms with Gasteiger partial charge in [0.05, 0.1) is 12.1 Å². The monoisotopic (exact) mass is 369 g/mol. The van der Waals surface area contributed by atoms with Crippen molar-refractivity contribution in [2.24, 2.45) is 4.99 Å². The molecule has 3 rings (SSSR count). The molecular weight excluding hydrogens is 342 g/mol. The summed E-state index contributed by atoms with van der Waals surface area (Å²) in [5.74, 6) is 0.769. The van der Waals surface area contributed by atoms with Crippen molar-refractivity contribution < 1.29 is 9.53 Å². The first-order chi connectivity index (χ1) is 13.2. The zero-order valence-electron chi connectivity index (χ0n) is 15.9. The van der Waals surface area contributed by atoms with Crippen LogP contribution in [0.1, 0.15) is 25.3 Å². The van der Waals surface area contributed by atoms with Crippen molar-refractivity contribution >= 4 is 23.0 Å². The highest BCUT2D eigenvalue weighted by molar-refractivity contribution is 5.83. The third-order valence-corrected chi connectivity index (χ3v) is 4.77. The van der Waals surface area contributed by atoms with Gasteiger partial charge in [0, 0.05) is 44.3 Å². The van der Waals surface area contributed by atoms with Crippen LogP contribution >= 0.6 is 0 Å². The van der Waals surface area contributed by atoms with Crippen molar-refractivity contribution in [2.45, 2.75) is 32.4 Å². The fourth-order valence-electron chi connectivity index (χ4n) is 3.30. The average molecular weight is 369 g/mol. The molecule has 0 spiro atoms. The molecular formula is C20H27N5O2. The van der Waals surface area contributed by atoms with E-state index in [2.05, 4.69) is 26.7 Å². The molecule has 27 heavy (non-hydrogen) atoms. The minimum Gasteiger partial charge on any atom is -0.450 e. The van der Waals surface area contributed by atoms with Gasteiger partial charge in [-0.25, -0.2) is 4.79 Å². The van der Waals surface area contributed by atoms with Crippen LogP contribution in [0, 0.1) is 0 Å². The zero-order valence-corrected chi connectivity index (χ0v) is 15.9. The van der Waals surface area contributed by atoms with Crippen LogP contribution in [0.2, 0.25) is 0 Å². The number of nitrogens with one attached hydrogen (secondary N) is 2. The number of pyridine rings is 1. The normalized spacial score (nSPS) is 15.6.